The van der Waals surface area contributed by atoms with Crippen molar-refractivity contribution in [3.8, 4) is 5.69 Å². The minimum absolute atomic E-state index is 0.445. The topological polar surface area (TPSA) is 47.8 Å². The lowest BCUT2D eigenvalue weighted by molar-refractivity contribution is 0.111. The summed E-state index contributed by atoms with van der Waals surface area (Å²) in [6.45, 7) is 4.12. The molecule has 0 saturated heterocycles. The lowest BCUT2D eigenvalue weighted by Crippen LogP contribution is -2.03. The molecular formula is C14H15N3O. The Kier molecular flexibility index (Phi) is 2.51. The van der Waals surface area contributed by atoms with Crippen LogP contribution in [0.5, 0.6) is 0 Å². The Labute approximate surface area is 106 Å². The van der Waals surface area contributed by atoms with E-state index in [0.29, 0.717) is 11.6 Å². The molecule has 1 aromatic heterocycles. The molecule has 4 heteroatoms. The molecule has 1 fully saturated rings. The monoisotopic (exact) mass is 241 g/mol. The minimum atomic E-state index is 0.445. The molecule has 92 valence electrons. The Balaban J connectivity index is 2.16. The maximum absolute atomic E-state index is 11.0. The van der Waals surface area contributed by atoms with Crippen LogP contribution in [0.4, 0.5) is 0 Å². The molecule has 0 radical (unpaired) electrons. The Morgan fingerprint density at radius 2 is 1.89 bits per heavy atom. The van der Waals surface area contributed by atoms with Gasteiger partial charge in [0.15, 0.2) is 6.29 Å². The van der Waals surface area contributed by atoms with Gasteiger partial charge < -0.3 is 0 Å². The van der Waals surface area contributed by atoms with E-state index in [0.717, 1.165) is 30.5 Å². The fraction of sp³-hybridized carbons (Fsp3) is 0.357. The normalized spacial score (nSPS) is 14.8. The van der Waals surface area contributed by atoms with Crippen LogP contribution in [0, 0.1) is 13.8 Å². The first-order valence-corrected chi connectivity index (χ1v) is 6.18. The van der Waals surface area contributed by atoms with Crippen molar-refractivity contribution in [3.63, 3.8) is 0 Å². The van der Waals surface area contributed by atoms with E-state index in [1.807, 2.05) is 4.68 Å². The number of hydrogen-bond acceptors (Lipinski definition) is 3. The molecule has 3 rings (SSSR count). The van der Waals surface area contributed by atoms with Crippen molar-refractivity contribution in [2.75, 3.05) is 0 Å². The number of nitrogens with zero attached hydrogens (tertiary/aromatic N) is 3. The van der Waals surface area contributed by atoms with Gasteiger partial charge in [0.2, 0.25) is 0 Å². The molecule has 2 aromatic rings. The van der Waals surface area contributed by atoms with Crippen LogP contribution in [-0.2, 0) is 0 Å². The van der Waals surface area contributed by atoms with E-state index >= 15 is 0 Å². The Hall–Kier alpha value is -1.97. The van der Waals surface area contributed by atoms with Crippen molar-refractivity contribution in [3.05, 3.63) is 40.7 Å². The highest BCUT2D eigenvalue weighted by molar-refractivity contribution is 5.74. The van der Waals surface area contributed by atoms with Gasteiger partial charge in [-0.2, -0.15) is 0 Å². The van der Waals surface area contributed by atoms with Crippen LogP contribution in [0.3, 0.4) is 0 Å². The summed E-state index contributed by atoms with van der Waals surface area (Å²) < 4.78 is 1.82. The third kappa shape index (κ3) is 1.83. The molecule has 1 aromatic carbocycles. The third-order valence-corrected chi connectivity index (χ3v) is 3.26. The molecule has 1 heterocycles. The first kappa shape index (κ1) is 11.1. The highest BCUT2D eigenvalue weighted by Gasteiger charge is 2.31. The molecule has 0 bridgehead atoms. The van der Waals surface area contributed by atoms with Crippen LogP contribution in [0.1, 0.15) is 46.1 Å². The van der Waals surface area contributed by atoms with Gasteiger partial charge in [0.05, 0.1) is 11.4 Å². The molecule has 0 spiro atoms. The molecule has 0 N–H and O–H groups in total. The standard InChI is InChI=1S/C14H15N3O/c1-9-5-10(2)7-12(6-9)17-14(11-3-4-11)13(8-18)15-16-17/h5-8,11H,3-4H2,1-2H3. The molecule has 1 aliphatic rings. The van der Waals surface area contributed by atoms with Crippen LogP contribution in [-0.4, -0.2) is 21.3 Å². The summed E-state index contributed by atoms with van der Waals surface area (Å²) in [5, 5.41) is 8.11. The predicted molar refractivity (Wildman–Crippen MR) is 68.2 cm³/mol. The molecule has 18 heavy (non-hydrogen) atoms. The van der Waals surface area contributed by atoms with Crippen molar-refractivity contribution in [2.24, 2.45) is 0 Å². The summed E-state index contributed by atoms with van der Waals surface area (Å²) in [5.74, 6) is 0.445. The molecule has 4 nitrogen and oxygen atoms in total. The molecule has 0 amide bonds. The largest absolute Gasteiger partial charge is 0.296 e. The van der Waals surface area contributed by atoms with E-state index in [2.05, 4.69) is 42.4 Å². The maximum Gasteiger partial charge on any atom is 0.172 e. The van der Waals surface area contributed by atoms with Crippen LogP contribution in [0.15, 0.2) is 18.2 Å². The van der Waals surface area contributed by atoms with Gasteiger partial charge in [-0.1, -0.05) is 11.3 Å². The minimum Gasteiger partial charge on any atom is -0.296 e. The summed E-state index contributed by atoms with van der Waals surface area (Å²) >= 11 is 0. The maximum atomic E-state index is 11.0. The van der Waals surface area contributed by atoms with Crippen molar-refractivity contribution < 1.29 is 4.79 Å². The second-order valence-electron chi connectivity index (χ2n) is 5.01. The van der Waals surface area contributed by atoms with Gasteiger partial charge in [0.1, 0.15) is 5.69 Å². The molecule has 1 saturated carbocycles. The highest BCUT2D eigenvalue weighted by Crippen LogP contribution is 2.41. The van der Waals surface area contributed by atoms with Crippen molar-refractivity contribution in [1.82, 2.24) is 15.0 Å². The fourth-order valence-electron chi connectivity index (χ4n) is 2.39. The number of benzene rings is 1. The van der Waals surface area contributed by atoms with E-state index < -0.39 is 0 Å². The van der Waals surface area contributed by atoms with Crippen molar-refractivity contribution in [1.29, 1.82) is 0 Å². The lowest BCUT2D eigenvalue weighted by atomic mass is 10.1. The van der Waals surface area contributed by atoms with Crippen molar-refractivity contribution in [2.45, 2.75) is 32.6 Å². The second-order valence-corrected chi connectivity index (χ2v) is 5.01. The van der Waals surface area contributed by atoms with E-state index in [-0.39, 0.29) is 0 Å². The van der Waals surface area contributed by atoms with Crippen LogP contribution in [0.25, 0.3) is 5.69 Å². The summed E-state index contributed by atoms with van der Waals surface area (Å²) in [4.78, 5) is 11.0. The molecule has 0 atom stereocenters. The lowest BCUT2D eigenvalue weighted by Gasteiger charge is -2.08. The quantitative estimate of drug-likeness (QED) is 0.776. The van der Waals surface area contributed by atoms with E-state index in [1.165, 1.54) is 11.1 Å². The molecule has 1 aliphatic carbocycles. The number of carbonyl (C=O) groups excluding carboxylic acids is 1. The highest BCUT2D eigenvalue weighted by atomic mass is 16.1. The van der Waals surface area contributed by atoms with E-state index in [9.17, 15) is 4.79 Å². The second kappa shape index (κ2) is 4.05. The number of hydrogen-bond donors (Lipinski definition) is 0. The number of carbonyl (C=O) groups is 1. The number of aldehydes is 1. The first-order valence-electron chi connectivity index (χ1n) is 6.18. The summed E-state index contributed by atoms with van der Waals surface area (Å²) in [5.41, 5.74) is 4.83. The average molecular weight is 241 g/mol. The summed E-state index contributed by atoms with van der Waals surface area (Å²) in [6.07, 6.45) is 3.05. The van der Waals surface area contributed by atoms with Gasteiger partial charge in [0.25, 0.3) is 0 Å². The van der Waals surface area contributed by atoms with Gasteiger partial charge in [-0.15, -0.1) is 5.10 Å². The molecule has 0 unspecified atom stereocenters. The molecule has 0 aliphatic heterocycles. The number of aromatic nitrogens is 3. The third-order valence-electron chi connectivity index (χ3n) is 3.26. The summed E-state index contributed by atoms with van der Waals surface area (Å²) in [7, 11) is 0. The van der Waals surface area contributed by atoms with Gasteiger partial charge in [-0.05, 0) is 49.9 Å². The number of aryl methyl sites for hydroxylation is 2. The van der Waals surface area contributed by atoms with Gasteiger partial charge in [-0.25, -0.2) is 4.68 Å². The summed E-state index contributed by atoms with van der Waals surface area (Å²) in [6, 6.07) is 6.27. The average Bonchev–Trinajstić information content (AvgIpc) is 3.07. The zero-order valence-corrected chi connectivity index (χ0v) is 10.6. The van der Waals surface area contributed by atoms with Gasteiger partial charge in [-0.3, -0.25) is 4.79 Å². The predicted octanol–water partition coefficient (Wildman–Crippen LogP) is 2.57. The van der Waals surface area contributed by atoms with Crippen molar-refractivity contribution >= 4 is 6.29 Å². The van der Waals surface area contributed by atoms with Crippen LogP contribution >= 0.6 is 0 Å². The SMILES string of the molecule is Cc1cc(C)cc(-n2nnc(C=O)c2C2CC2)c1. The van der Waals surface area contributed by atoms with Gasteiger partial charge >= 0.3 is 0 Å². The Bertz CT molecular complexity index is 591. The Morgan fingerprint density at radius 3 is 2.44 bits per heavy atom. The van der Waals surface area contributed by atoms with Crippen LogP contribution in [0.2, 0.25) is 0 Å². The van der Waals surface area contributed by atoms with E-state index in [1.54, 1.807) is 0 Å². The van der Waals surface area contributed by atoms with Gasteiger partial charge in [0, 0.05) is 5.92 Å². The van der Waals surface area contributed by atoms with Crippen LogP contribution < -0.4 is 0 Å². The first-order chi connectivity index (χ1) is 8.69. The zero-order valence-electron chi connectivity index (χ0n) is 10.6. The zero-order chi connectivity index (χ0) is 12.7. The molecular weight excluding hydrogens is 226 g/mol. The van der Waals surface area contributed by atoms with E-state index in [4.69, 9.17) is 0 Å². The number of rotatable bonds is 3. The fourth-order valence-corrected chi connectivity index (χ4v) is 2.39. The smallest absolute Gasteiger partial charge is 0.172 e. The Morgan fingerprint density at radius 1 is 1.22 bits per heavy atom.